The van der Waals surface area contributed by atoms with Crippen LogP contribution in [0.15, 0.2) is 24.3 Å². The molecule has 1 saturated carbocycles. The van der Waals surface area contributed by atoms with Crippen LogP contribution >= 0.6 is 0 Å². The first-order valence-corrected chi connectivity index (χ1v) is 6.73. The molecule has 3 rings (SSSR count). The quantitative estimate of drug-likeness (QED) is 0.866. The molecule has 96 valence electrons. The van der Waals surface area contributed by atoms with Crippen LogP contribution in [0.25, 0.3) is 0 Å². The molecule has 18 heavy (non-hydrogen) atoms. The number of carboxylic acid groups (broad SMARTS) is 1. The highest BCUT2D eigenvalue weighted by atomic mass is 16.4. The summed E-state index contributed by atoms with van der Waals surface area (Å²) >= 11 is 0. The summed E-state index contributed by atoms with van der Waals surface area (Å²) in [7, 11) is 0. The SMILES string of the molecule is O=C(O)CC1CN(Cc2ccc(C3CC3)cc2)C1. The first-order valence-electron chi connectivity index (χ1n) is 6.73. The monoisotopic (exact) mass is 245 g/mol. The van der Waals surface area contributed by atoms with Crippen molar-refractivity contribution in [3.63, 3.8) is 0 Å². The van der Waals surface area contributed by atoms with E-state index in [0.717, 1.165) is 25.6 Å². The van der Waals surface area contributed by atoms with Gasteiger partial charge in [-0.3, -0.25) is 9.69 Å². The van der Waals surface area contributed by atoms with Crippen LogP contribution in [0.1, 0.15) is 36.3 Å². The molecule has 1 saturated heterocycles. The van der Waals surface area contributed by atoms with Crippen molar-refractivity contribution in [2.45, 2.75) is 31.7 Å². The van der Waals surface area contributed by atoms with Crippen molar-refractivity contribution >= 4 is 5.97 Å². The van der Waals surface area contributed by atoms with Crippen LogP contribution in [0.4, 0.5) is 0 Å². The molecule has 0 unspecified atom stereocenters. The summed E-state index contributed by atoms with van der Waals surface area (Å²) in [5, 5.41) is 8.69. The molecule has 1 aliphatic carbocycles. The van der Waals surface area contributed by atoms with E-state index in [9.17, 15) is 4.79 Å². The van der Waals surface area contributed by atoms with E-state index >= 15 is 0 Å². The lowest BCUT2D eigenvalue weighted by molar-refractivity contribution is -0.139. The number of benzene rings is 1. The van der Waals surface area contributed by atoms with Crippen molar-refractivity contribution in [2.24, 2.45) is 5.92 Å². The fraction of sp³-hybridized carbons (Fsp3) is 0.533. The average Bonchev–Trinajstić information content (AvgIpc) is 3.10. The predicted octanol–water partition coefficient (Wildman–Crippen LogP) is 2.47. The molecule has 3 nitrogen and oxygen atoms in total. The zero-order valence-electron chi connectivity index (χ0n) is 10.5. The van der Waals surface area contributed by atoms with Gasteiger partial charge in [-0.2, -0.15) is 0 Å². The van der Waals surface area contributed by atoms with Crippen LogP contribution in [0.3, 0.4) is 0 Å². The van der Waals surface area contributed by atoms with E-state index in [0.29, 0.717) is 12.3 Å². The molecular formula is C15H19NO2. The van der Waals surface area contributed by atoms with Crippen LogP contribution in [0.2, 0.25) is 0 Å². The largest absolute Gasteiger partial charge is 0.481 e. The van der Waals surface area contributed by atoms with Crippen molar-refractivity contribution in [3.8, 4) is 0 Å². The minimum absolute atomic E-state index is 0.317. The Balaban J connectivity index is 1.47. The first-order chi connectivity index (χ1) is 8.70. The molecule has 1 aromatic carbocycles. The lowest BCUT2D eigenvalue weighted by Crippen LogP contribution is -2.46. The van der Waals surface area contributed by atoms with Gasteiger partial charge >= 0.3 is 5.97 Å². The maximum absolute atomic E-state index is 10.6. The molecule has 3 heteroatoms. The third kappa shape index (κ3) is 2.72. The number of hydrogen-bond donors (Lipinski definition) is 1. The van der Waals surface area contributed by atoms with E-state index in [4.69, 9.17) is 5.11 Å². The van der Waals surface area contributed by atoms with Gasteiger partial charge in [0.1, 0.15) is 0 Å². The van der Waals surface area contributed by atoms with E-state index in [1.54, 1.807) is 0 Å². The maximum atomic E-state index is 10.6. The Morgan fingerprint density at radius 2 is 1.89 bits per heavy atom. The van der Waals surface area contributed by atoms with E-state index in [1.807, 2.05) is 0 Å². The van der Waals surface area contributed by atoms with Crippen LogP contribution in [-0.4, -0.2) is 29.1 Å². The lowest BCUT2D eigenvalue weighted by Gasteiger charge is -2.38. The smallest absolute Gasteiger partial charge is 0.303 e. The molecule has 0 spiro atoms. The number of carboxylic acids is 1. The molecule has 0 aromatic heterocycles. The molecule has 1 N–H and O–H groups in total. The molecule has 0 bridgehead atoms. The molecule has 1 aromatic rings. The third-order valence-corrected chi connectivity index (χ3v) is 3.93. The van der Waals surface area contributed by atoms with Gasteiger partial charge in [-0.05, 0) is 35.8 Å². The normalized spacial score (nSPS) is 20.7. The maximum Gasteiger partial charge on any atom is 0.303 e. The highest BCUT2D eigenvalue weighted by Gasteiger charge is 2.28. The Bertz CT molecular complexity index is 430. The molecule has 2 aliphatic rings. The van der Waals surface area contributed by atoms with E-state index < -0.39 is 5.97 Å². The van der Waals surface area contributed by atoms with Crippen LogP contribution in [0, 0.1) is 5.92 Å². The highest BCUT2D eigenvalue weighted by Crippen LogP contribution is 2.40. The average molecular weight is 245 g/mol. The summed E-state index contributed by atoms with van der Waals surface area (Å²) in [5.41, 5.74) is 2.82. The van der Waals surface area contributed by atoms with Crippen molar-refractivity contribution in [3.05, 3.63) is 35.4 Å². The Morgan fingerprint density at radius 1 is 1.22 bits per heavy atom. The minimum Gasteiger partial charge on any atom is -0.481 e. The van der Waals surface area contributed by atoms with Gasteiger partial charge in [0.15, 0.2) is 0 Å². The summed E-state index contributed by atoms with van der Waals surface area (Å²) in [6, 6.07) is 8.94. The Hall–Kier alpha value is -1.35. The molecule has 2 fully saturated rings. The molecule has 0 radical (unpaired) electrons. The first kappa shape index (κ1) is 11.7. The number of rotatable bonds is 5. The number of nitrogens with zero attached hydrogens (tertiary/aromatic N) is 1. The zero-order chi connectivity index (χ0) is 12.5. The van der Waals surface area contributed by atoms with Gasteiger partial charge in [-0.25, -0.2) is 0 Å². The van der Waals surface area contributed by atoms with Gasteiger partial charge in [0.25, 0.3) is 0 Å². The summed E-state index contributed by atoms with van der Waals surface area (Å²) in [6.07, 6.45) is 3.02. The summed E-state index contributed by atoms with van der Waals surface area (Å²) in [4.78, 5) is 12.9. The molecule has 1 heterocycles. The standard InChI is InChI=1S/C15H19NO2/c17-15(18)7-12-9-16(10-12)8-11-1-3-13(4-2-11)14-5-6-14/h1-4,12,14H,5-10H2,(H,17,18). The van der Waals surface area contributed by atoms with Crippen molar-refractivity contribution in [1.29, 1.82) is 0 Å². The van der Waals surface area contributed by atoms with Gasteiger partial charge in [-0.15, -0.1) is 0 Å². The van der Waals surface area contributed by atoms with Crippen molar-refractivity contribution in [2.75, 3.05) is 13.1 Å². The summed E-state index contributed by atoms with van der Waals surface area (Å²) in [5.74, 6) is 0.504. The molecular weight excluding hydrogens is 226 g/mol. The summed E-state index contributed by atoms with van der Waals surface area (Å²) in [6.45, 7) is 2.81. The van der Waals surface area contributed by atoms with E-state index in [1.165, 1.54) is 24.0 Å². The van der Waals surface area contributed by atoms with Crippen molar-refractivity contribution in [1.82, 2.24) is 4.90 Å². The summed E-state index contributed by atoms with van der Waals surface area (Å²) < 4.78 is 0. The Kier molecular flexibility index (Phi) is 3.08. The number of hydrogen-bond acceptors (Lipinski definition) is 2. The molecule has 0 amide bonds. The number of likely N-dealkylation sites (tertiary alicyclic amines) is 1. The van der Waals surface area contributed by atoms with Gasteiger partial charge in [-0.1, -0.05) is 24.3 Å². The highest BCUT2D eigenvalue weighted by molar-refractivity contribution is 5.67. The second-order valence-electron chi connectivity index (χ2n) is 5.67. The third-order valence-electron chi connectivity index (χ3n) is 3.93. The topological polar surface area (TPSA) is 40.5 Å². The Labute approximate surface area is 107 Å². The van der Waals surface area contributed by atoms with Crippen LogP contribution < -0.4 is 0 Å². The van der Waals surface area contributed by atoms with Crippen LogP contribution in [0.5, 0.6) is 0 Å². The fourth-order valence-corrected chi connectivity index (χ4v) is 2.75. The fourth-order valence-electron chi connectivity index (χ4n) is 2.75. The van der Waals surface area contributed by atoms with Gasteiger partial charge in [0, 0.05) is 19.6 Å². The van der Waals surface area contributed by atoms with Crippen LogP contribution in [-0.2, 0) is 11.3 Å². The molecule has 1 aliphatic heterocycles. The van der Waals surface area contributed by atoms with Gasteiger partial charge in [0.05, 0.1) is 6.42 Å². The lowest BCUT2D eigenvalue weighted by atomic mass is 9.95. The molecule has 0 atom stereocenters. The predicted molar refractivity (Wildman–Crippen MR) is 69.4 cm³/mol. The van der Waals surface area contributed by atoms with E-state index in [-0.39, 0.29) is 0 Å². The Morgan fingerprint density at radius 3 is 2.44 bits per heavy atom. The van der Waals surface area contributed by atoms with Gasteiger partial charge < -0.3 is 5.11 Å². The number of carbonyl (C=O) groups is 1. The second kappa shape index (κ2) is 4.73. The van der Waals surface area contributed by atoms with E-state index in [2.05, 4.69) is 29.2 Å². The second-order valence-corrected chi connectivity index (χ2v) is 5.67. The number of aliphatic carboxylic acids is 1. The van der Waals surface area contributed by atoms with Crippen molar-refractivity contribution < 1.29 is 9.90 Å². The van der Waals surface area contributed by atoms with Gasteiger partial charge in [0.2, 0.25) is 0 Å². The minimum atomic E-state index is -0.673. The zero-order valence-corrected chi connectivity index (χ0v) is 10.5.